The quantitative estimate of drug-likeness (QED) is 0.0669. The third-order valence-electron chi connectivity index (χ3n) is 5.60. The summed E-state index contributed by atoms with van der Waals surface area (Å²) in [7, 11) is -1.13. The molecular formula is C27H62O13Si3. The highest BCUT2D eigenvalue weighted by atomic mass is 28.4. The molecule has 0 aromatic carbocycles. The summed E-state index contributed by atoms with van der Waals surface area (Å²) in [5, 5.41) is 0. The Balaban J connectivity index is 3.14. The predicted molar refractivity (Wildman–Crippen MR) is 172 cm³/mol. The summed E-state index contributed by atoms with van der Waals surface area (Å²) in [4.78, 5) is 0. The molecule has 0 aliphatic heterocycles. The summed E-state index contributed by atoms with van der Waals surface area (Å²) in [6, 6.07) is 1.01. The molecule has 0 heterocycles. The summed E-state index contributed by atoms with van der Waals surface area (Å²) in [5.74, 6) is 0. The minimum absolute atomic E-state index is 0.430. The fourth-order valence-electron chi connectivity index (χ4n) is 3.52. The highest BCUT2D eigenvalue weighted by molar-refractivity contribution is 6.74. The molecular weight excluding hydrogens is 617 g/mol. The summed E-state index contributed by atoms with van der Waals surface area (Å²) < 4.78 is 71.7. The highest BCUT2D eigenvalue weighted by Gasteiger charge is 2.28. The second kappa shape index (κ2) is 36.6. The van der Waals surface area contributed by atoms with Crippen molar-refractivity contribution < 1.29 is 60.3 Å². The van der Waals surface area contributed by atoms with Crippen molar-refractivity contribution in [1.29, 1.82) is 0 Å². The lowest BCUT2D eigenvalue weighted by Crippen LogP contribution is -2.40. The van der Waals surface area contributed by atoms with Crippen LogP contribution in [0, 0.1) is 0 Å². The molecule has 0 amide bonds. The second-order valence-electron chi connectivity index (χ2n) is 9.22. The highest BCUT2D eigenvalue weighted by Crippen LogP contribution is 2.14. The Morgan fingerprint density at radius 2 is 0.605 bits per heavy atom. The van der Waals surface area contributed by atoms with Crippen LogP contribution in [0.2, 0.25) is 25.7 Å². The van der Waals surface area contributed by atoms with Gasteiger partial charge in [-0.05, 0) is 19.0 Å². The number of ether oxygens (including phenoxy) is 11. The third kappa shape index (κ3) is 34.8. The average Bonchev–Trinajstić information content (AvgIpc) is 3.00. The molecule has 0 aromatic heterocycles. The summed E-state index contributed by atoms with van der Waals surface area (Å²) in [5.41, 5.74) is 0. The summed E-state index contributed by atoms with van der Waals surface area (Å²) >= 11 is 0. The van der Waals surface area contributed by atoms with Crippen LogP contribution in [-0.4, -0.2) is 174 Å². The van der Waals surface area contributed by atoms with Gasteiger partial charge in [-0.25, -0.2) is 0 Å². The summed E-state index contributed by atoms with van der Waals surface area (Å²) in [6.07, 6.45) is 0.978. The Morgan fingerprint density at radius 1 is 0.372 bits per heavy atom. The first-order valence-electron chi connectivity index (χ1n) is 15.7. The lowest BCUT2D eigenvalue weighted by Gasteiger charge is -2.27. The van der Waals surface area contributed by atoms with E-state index in [1.165, 1.54) is 0 Å². The largest absolute Gasteiger partial charge is 0.442 e. The Labute approximate surface area is 266 Å². The van der Waals surface area contributed by atoms with Crippen molar-refractivity contribution in [2.45, 2.75) is 32.1 Å². The van der Waals surface area contributed by atoms with Gasteiger partial charge in [-0.3, -0.25) is 0 Å². The Bertz CT molecular complexity index is 525. The molecule has 0 radical (unpaired) electrons. The molecule has 0 aliphatic rings. The smallest absolute Gasteiger partial charge is 0.313 e. The molecule has 0 spiro atoms. The van der Waals surface area contributed by atoms with Gasteiger partial charge in [0.25, 0.3) is 0 Å². The topological polar surface area (TPSA) is 120 Å². The van der Waals surface area contributed by atoms with E-state index in [0.717, 1.165) is 19.1 Å². The van der Waals surface area contributed by atoms with Crippen molar-refractivity contribution in [3.63, 3.8) is 0 Å². The van der Waals surface area contributed by atoms with Crippen molar-refractivity contribution in [2.24, 2.45) is 0 Å². The van der Waals surface area contributed by atoms with E-state index in [1.54, 1.807) is 7.11 Å². The van der Waals surface area contributed by atoms with Gasteiger partial charge in [0.15, 0.2) is 0 Å². The van der Waals surface area contributed by atoms with Crippen molar-refractivity contribution in [1.82, 2.24) is 0 Å². The number of methoxy groups -OCH3 is 1. The van der Waals surface area contributed by atoms with E-state index < -0.39 is 28.1 Å². The van der Waals surface area contributed by atoms with E-state index in [9.17, 15) is 0 Å². The number of hydrogen-bond acceptors (Lipinski definition) is 13. The van der Waals surface area contributed by atoms with Crippen molar-refractivity contribution in [2.75, 3.05) is 146 Å². The van der Waals surface area contributed by atoms with Crippen molar-refractivity contribution >= 4 is 28.1 Å². The standard InChI is InChI=1S/C27H62O13Si3/c1-28-7-8-30-11-12-32-15-16-34-19-20-36-23-24-38-26-25-37-22-21-35-18-17-33-14-13-31-10-9-29-6-5-27-43(4,39-41-2)40-42-3/h5-27,41-42H2,1-4H3. The molecule has 43 heavy (non-hydrogen) atoms. The van der Waals surface area contributed by atoms with Crippen LogP contribution in [0.5, 0.6) is 0 Å². The van der Waals surface area contributed by atoms with Crippen LogP contribution >= 0.6 is 0 Å². The number of rotatable bonds is 38. The monoisotopic (exact) mass is 678 g/mol. The molecule has 0 bridgehead atoms. The summed E-state index contributed by atoms with van der Waals surface area (Å²) in [6.45, 7) is 18.1. The van der Waals surface area contributed by atoms with Gasteiger partial charge in [0.2, 0.25) is 0 Å². The van der Waals surface area contributed by atoms with Gasteiger partial charge in [0, 0.05) is 13.7 Å². The normalized spacial score (nSPS) is 13.7. The Hall–Kier alpha value is 0.131. The fraction of sp³-hybridized carbons (Fsp3) is 1.00. The minimum atomic E-state index is -1.91. The van der Waals surface area contributed by atoms with Gasteiger partial charge in [-0.15, -0.1) is 0 Å². The predicted octanol–water partition coefficient (Wildman–Crippen LogP) is 0.558. The fourth-order valence-corrected chi connectivity index (χ4v) is 11.4. The van der Waals surface area contributed by atoms with Crippen LogP contribution in [0.3, 0.4) is 0 Å². The van der Waals surface area contributed by atoms with Gasteiger partial charge in [0.1, 0.15) is 19.5 Å². The SMILES string of the molecule is COCCOCCOCCOCCOCCOCCOCCOCCOCCOCCOCCC[Si](C)(O[SiH2]C)O[SiH2]C. The van der Waals surface area contributed by atoms with Crippen LogP contribution in [0.1, 0.15) is 6.42 Å². The van der Waals surface area contributed by atoms with Crippen molar-refractivity contribution in [3.8, 4) is 0 Å². The van der Waals surface area contributed by atoms with Crippen LogP contribution in [0.25, 0.3) is 0 Å². The molecule has 0 atom stereocenters. The first kappa shape index (κ1) is 43.1. The van der Waals surface area contributed by atoms with Gasteiger partial charge < -0.3 is 60.3 Å². The maximum absolute atomic E-state index is 6.00. The zero-order valence-electron chi connectivity index (χ0n) is 27.5. The van der Waals surface area contributed by atoms with E-state index in [1.807, 2.05) is 0 Å². The molecule has 260 valence electrons. The van der Waals surface area contributed by atoms with E-state index >= 15 is 0 Å². The van der Waals surface area contributed by atoms with E-state index in [-0.39, 0.29) is 0 Å². The lowest BCUT2D eigenvalue weighted by atomic mass is 10.5. The molecule has 0 N–H and O–H groups in total. The molecule has 0 fully saturated rings. The molecule has 0 rings (SSSR count). The molecule has 0 aromatic rings. The molecule has 0 saturated heterocycles. The zero-order chi connectivity index (χ0) is 31.4. The van der Waals surface area contributed by atoms with Gasteiger partial charge in [-0.2, -0.15) is 0 Å². The van der Waals surface area contributed by atoms with Crippen molar-refractivity contribution in [3.05, 3.63) is 0 Å². The van der Waals surface area contributed by atoms with Gasteiger partial charge >= 0.3 is 8.56 Å². The van der Waals surface area contributed by atoms with Gasteiger partial charge in [-0.1, -0.05) is 13.1 Å². The Morgan fingerprint density at radius 3 is 0.837 bits per heavy atom. The zero-order valence-corrected chi connectivity index (χ0v) is 31.3. The van der Waals surface area contributed by atoms with Crippen LogP contribution < -0.4 is 0 Å². The maximum Gasteiger partial charge on any atom is 0.313 e. The average molecular weight is 679 g/mol. The van der Waals surface area contributed by atoms with Crippen LogP contribution in [0.4, 0.5) is 0 Å². The van der Waals surface area contributed by atoms with E-state index in [2.05, 4.69) is 19.6 Å². The van der Waals surface area contributed by atoms with E-state index in [4.69, 9.17) is 60.3 Å². The van der Waals surface area contributed by atoms with Crippen LogP contribution in [-0.2, 0) is 60.3 Å². The Kier molecular flexibility index (Phi) is 36.7. The molecule has 0 unspecified atom stereocenters. The first-order valence-corrected chi connectivity index (χ1v) is 22.2. The van der Waals surface area contributed by atoms with Crippen LogP contribution in [0.15, 0.2) is 0 Å². The molecule has 0 saturated carbocycles. The maximum atomic E-state index is 6.00. The molecule has 16 heteroatoms. The minimum Gasteiger partial charge on any atom is -0.442 e. The molecule has 0 aliphatic carbocycles. The first-order chi connectivity index (χ1) is 21.2. The second-order valence-corrected chi connectivity index (χ2v) is 15.5. The van der Waals surface area contributed by atoms with E-state index in [0.29, 0.717) is 132 Å². The lowest BCUT2D eigenvalue weighted by molar-refractivity contribution is -0.0270. The number of hydrogen-bond donors (Lipinski definition) is 0. The third-order valence-corrected chi connectivity index (χ3v) is 14.1. The van der Waals surface area contributed by atoms with Gasteiger partial charge in [0.05, 0.1) is 132 Å². The molecule has 13 nitrogen and oxygen atoms in total.